The van der Waals surface area contributed by atoms with Crippen molar-refractivity contribution < 1.29 is 8.78 Å². The zero-order valence-corrected chi connectivity index (χ0v) is 11.9. The molecule has 1 rings (SSSR count). The maximum atomic E-state index is 13.5. The molecular formula is C14H16BrF2N. The van der Waals surface area contributed by atoms with E-state index in [2.05, 4.69) is 27.2 Å². The van der Waals surface area contributed by atoms with Crippen LogP contribution in [0.3, 0.4) is 0 Å². The molecule has 0 bridgehead atoms. The third kappa shape index (κ3) is 3.79. The summed E-state index contributed by atoms with van der Waals surface area (Å²) in [5.74, 6) is 0.895. The summed E-state index contributed by atoms with van der Waals surface area (Å²) in [5, 5.41) is 3.26. The van der Waals surface area contributed by atoms with Crippen LogP contribution >= 0.6 is 15.9 Å². The Morgan fingerprint density at radius 2 is 2.17 bits per heavy atom. The Kier molecular flexibility index (Phi) is 6.31. The number of terminal acetylenes is 1. The molecular weight excluding hydrogens is 300 g/mol. The first-order valence-electron chi connectivity index (χ1n) is 5.92. The van der Waals surface area contributed by atoms with Gasteiger partial charge in [0.15, 0.2) is 11.6 Å². The first-order chi connectivity index (χ1) is 8.61. The smallest absolute Gasteiger partial charge is 0.173 e. The SMILES string of the molecule is C#CCCCC(NCC)c1ccc(F)c(F)c1Br. The average molecular weight is 316 g/mol. The van der Waals surface area contributed by atoms with E-state index >= 15 is 0 Å². The highest BCUT2D eigenvalue weighted by molar-refractivity contribution is 9.10. The van der Waals surface area contributed by atoms with Gasteiger partial charge in [-0.25, -0.2) is 8.78 Å². The molecule has 1 N–H and O–H groups in total. The van der Waals surface area contributed by atoms with Gasteiger partial charge in [-0.05, 0) is 46.9 Å². The molecule has 0 amide bonds. The normalized spacial score (nSPS) is 12.2. The lowest BCUT2D eigenvalue weighted by atomic mass is 10.0. The van der Waals surface area contributed by atoms with Crippen molar-refractivity contribution in [2.45, 2.75) is 32.2 Å². The predicted molar refractivity (Wildman–Crippen MR) is 73.2 cm³/mol. The van der Waals surface area contributed by atoms with Gasteiger partial charge < -0.3 is 5.32 Å². The molecule has 1 aromatic carbocycles. The maximum absolute atomic E-state index is 13.5. The summed E-state index contributed by atoms with van der Waals surface area (Å²) in [6.07, 6.45) is 7.54. The Hall–Kier alpha value is -0.920. The average Bonchev–Trinajstić information content (AvgIpc) is 2.36. The van der Waals surface area contributed by atoms with Crippen molar-refractivity contribution in [3.05, 3.63) is 33.8 Å². The Balaban J connectivity index is 2.92. The van der Waals surface area contributed by atoms with Gasteiger partial charge in [0.25, 0.3) is 0 Å². The fourth-order valence-corrected chi connectivity index (χ4v) is 2.43. The van der Waals surface area contributed by atoms with Crippen LogP contribution in [0.15, 0.2) is 16.6 Å². The molecule has 0 aliphatic heterocycles. The van der Waals surface area contributed by atoms with Gasteiger partial charge in [-0.3, -0.25) is 0 Å². The molecule has 1 aromatic rings. The summed E-state index contributed by atoms with van der Waals surface area (Å²) >= 11 is 3.12. The van der Waals surface area contributed by atoms with Gasteiger partial charge in [0.2, 0.25) is 0 Å². The fourth-order valence-electron chi connectivity index (χ4n) is 1.83. The van der Waals surface area contributed by atoms with Gasteiger partial charge in [-0.1, -0.05) is 13.0 Å². The number of unbranched alkanes of at least 4 members (excludes halogenated alkanes) is 1. The highest BCUT2D eigenvalue weighted by Gasteiger charge is 2.18. The number of hydrogen-bond donors (Lipinski definition) is 1. The number of rotatable bonds is 6. The van der Waals surface area contributed by atoms with Gasteiger partial charge >= 0.3 is 0 Å². The second kappa shape index (κ2) is 7.50. The van der Waals surface area contributed by atoms with Crippen LogP contribution in [-0.4, -0.2) is 6.54 Å². The Morgan fingerprint density at radius 1 is 1.44 bits per heavy atom. The highest BCUT2D eigenvalue weighted by atomic mass is 79.9. The van der Waals surface area contributed by atoms with Crippen LogP contribution in [0, 0.1) is 24.0 Å². The van der Waals surface area contributed by atoms with Crippen LogP contribution in [0.25, 0.3) is 0 Å². The summed E-state index contributed by atoms with van der Waals surface area (Å²) in [4.78, 5) is 0. The molecule has 0 fully saturated rings. The number of nitrogens with one attached hydrogen (secondary N) is 1. The largest absolute Gasteiger partial charge is 0.310 e. The third-order valence-electron chi connectivity index (χ3n) is 2.70. The topological polar surface area (TPSA) is 12.0 Å². The molecule has 0 radical (unpaired) electrons. The van der Waals surface area contributed by atoms with Crippen molar-refractivity contribution in [3.8, 4) is 12.3 Å². The Morgan fingerprint density at radius 3 is 2.78 bits per heavy atom. The zero-order valence-electron chi connectivity index (χ0n) is 10.3. The van der Waals surface area contributed by atoms with Crippen molar-refractivity contribution in [1.29, 1.82) is 0 Å². The molecule has 4 heteroatoms. The van der Waals surface area contributed by atoms with Crippen LogP contribution in [0.1, 0.15) is 37.8 Å². The molecule has 0 saturated carbocycles. The van der Waals surface area contributed by atoms with E-state index in [4.69, 9.17) is 6.42 Å². The van der Waals surface area contributed by atoms with E-state index < -0.39 is 11.6 Å². The standard InChI is InChI=1S/C14H16BrF2N/c1-3-5-6-7-12(18-4-2)10-8-9-11(16)14(17)13(10)15/h1,8-9,12,18H,4-7H2,2H3. The summed E-state index contributed by atoms with van der Waals surface area (Å²) in [6.45, 7) is 2.73. The third-order valence-corrected chi connectivity index (χ3v) is 3.51. The second-order valence-electron chi connectivity index (χ2n) is 3.97. The summed E-state index contributed by atoms with van der Waals surface area (Å²) in [7, 11) is 0. The molecule has 98 valence electrons. The highest BCUT2D eigenvalue weighted by Crippen LogP contribution is 2.30. The van der Waals surface area contributed by atoms with Crippen molar-refractivity contribution in [3.63, 3.8) is 0 Å². The first-order valence-corrected chi connectivity index (χ1v) is 6.71. The molecule has 1 atom stereocenters. The summed E-state index contributed by atoms with van der Waals surface area (Å²) < 4.78 is 26.8. The lowest BCUT2D eigenvalue weighted by molar-refractivity contribution is 0.476. The molecule has 1 unspecified atom stereocenters. The molecule has 0 aliphatic rings. The molecule has 1 nitrogen and oxygen atoms in total. The molecule has 18 heavy (non-hydrogen) atoms. The minimum atomic E-state index is -0.843. The molecule has 0 spiro atoms. The van der Waals surface area contributed by atoms with Gasteiger partial charge in [-0.15, -0.1) is 12.3 Å². The van der Waals surface area contributed by atoms with E-state index in [1.165, 1.54) is 0 Å². The van der Waals surface area contributed by atoms with E-state index in [-0.39, 0.29) is 10.5 Å². The lowest BCUT2D eigenvalue weighted by Crippen LogP contribution is -2.21. The molecule has 0 heterocycles. The second-order valence-corrected chi connectivity index (χ2v) is 4.76. The van der Waals surface area contributed by atoms with Crippen molar-refractivity contribution in [1.82, 2.24) is 5.32 Å². The monoisotopic (exact) mass is 315 g/mol. The van der Waals surface area contributed by atoms with Gasteiger partial charge in [-0.2, -0.15) is 0 Å². The van der Waals surface area contributed by atoms with Crippen LogP contribution in [0.2, 0.25) is 0 Å². The van der Waals surface area contributed by atoms with Gasteiger partial charge in [0, 0.05) is 12.5 Å². The van der Waals surface area contributed by atoms with Crippen molar-refractivity contribution in [2.24, 2.45) is 0 Å². The van der Waals surface area contributed by atoms with E-state index in [1.54, 1.807) is 6.07 Å². The molecule has 0 aliphatic carbocycles. The van der Waals surface area contributed by atoms with E-state index in [0.29, 0.717) is 6.42 Å². The molecule has 0 saturated heterocycles. The van der Waals surface area contributed by atoms with E-state index in [9.17, 15) is 8.78 Å². The summed E-state index contributed by atoms with van der Waals surface area (Å²) in [6, 6.07) is 2.74. The zero-order chi connectivity index (χ0) is 13.5. The van der Waals surface area contributed by atoms with Gasteiger partial charge in [0.1, 0.15) is 0 Å². The minimum absolute atomic E-state index is 0.0205. The van der Waals surface area contributed by atoms with E-state index in [1.807, 2.05) is 6.92 Å². The van der Waals surface area contributed by atoms with Crippen LogP contribution < -0.4 is 5.32 Å². The quantitative estimate of drug-likeness (QED) is 0.472. The minimum Gasteiger partial charge on any atom is -0.310 e. The molecule has 0 aromatic heterocycles. The van der Waals surface area contributed by atoms with Crippen molar-refractivity contribution in [2.75, 3.05) is 6.54 Å². The van der Waals surface area contributed by atoms with Crippen LogP contribution in [0.5, 0.6) is 0 Å². The lowest BCUT2D eigenvalue weighted by Gasteiger charge is -2.19. The fraction of sp³-hybridized carbons (Fsp3) is 0.429. The van der Waals surface area contributed by atoms with Crippen LogP contribution in [-0.2, 0) is 0 Å². The predicted octanol–water partition coefficient (Wildman–Crippen LogP) is 4.18. The first kappa shape index (κ1) is 15.1. The summed E-state index contributed by atoms with van der Waals surface area (Å²) in [5.41, 5.74) is 0.729. The van der Waals surface area contributed by atoms with E-state index in [0.717, 1.165) is 31.0 Å². The van der Waals surface area contributed by atoms with Gasteiger partial charge in [0.05, 0.1) is 4.47 Å². The van der Waals surface area contributed by atoms with Crippen molar-refractivity contribution >= 4 is 15.9 Å². The maximum Gasteiger partial charge on any atom is 0.173 e. The Bertz CT molecular complexity index is 440. The number of hydrogen-bond acceptors (Lipinski definition) is 1. The number of benzene rings is 1. The Labute approximate surface area is 115 Å². The van der Waals surface area contributed by atoms with Crippen LogP contribution in [0.4, 0.5) is 8.78 Å². The number of halogens is 3.